The molecule has 1 aromatic rings. The van der Waals surface area contributed by atoms with Gasteiger partial charge in [0.05, 0.1) is 5.56 Å². The van der Waals surface area contributed by atoms with Gasteiger partial charge in [-0.25, -0.2) is 12.7 Å². The zero-order chi connectivity index (χ0) is 15.9. The molecule has 2 aliphatic rings. The maximum absolute atomic E-state index is 12.3. The third kappa shape index (κ3) is 2.28. The van der Waals surface area contributed by atoms with E-state index >= 15 is 0 Å². The molecule has 8 heteroatoms. The molecule has 0 bridgehead atoms. The molecular weight excluding hydrogens is 306 g/mol. The lowest BCUT2D eigenvalue weighted by atomic mass is 10.0. The summed E-state index contributed by atoms with van der Waals surface area (Å²) in [5.41, 5.74) is 0.377. The van der Waals surface area contributed by atoms with Crippen molar-refractivity contribution in [1.29, 1.82) is 0 Å². The maximum atomic E-state index is 12.3. The van der Waals surface area contributed by atoms with Gasteiger partial charge < -0.3 is 10.6 Å². The molecular formula is C14H17N3O4S. The Balaban J connectivity index is 1.85. The zero-order valence-electron chi connectivity index (χ0n) is 12.1. The number of nitrogens with zero attached hydrogens (tertiary/aromatic N) is 1. The SMILES string of the molecule is CCN1C(=O)c2ccc(C(=O)NCC3CNC3)cc2S1(=O)=O. The predicted molar refractivity (Wildman–Crippen MR) is 79.0 cm³/mol. The second kappa shape index (κ2) is 5.36. The Hall–Kier alpha value is -1.93. The van der Waals surface area contributed by atoms with E-state index in [0.717, 1.165) is 17.4 Å². The van der Waals surface area contributed by atoms with Crippen LogP contribution in [0.2, 0.25) is 0 Å². The summed E-state index contributed by atoms with van der Waals surface area (Å²) in [7, 11) is -3.83. The van der Waals surface area contributed by atoms with Gasteiger partial charge in [0, 0.05) is 37.7 Å². The lowest BCUT2D eigenvalue weighted by Gasteiger charge is -2.27. The van der Waals surface area contributed by atoms with Crippen molar-refractivity contribution in [2.45, 2.75) is 11.8 Å². The molecule has 1 saturated heterocycles. The summed E-state index contributed by atoms with van der Waals surface area (Å²) in [6.45, 7) is 3.97. The minimum absolute atomic E-state index is 0.0755. The summed E-state index contributed by atoms with van der Waals surface area (Å²) in [6, 6.07) is 4.18. The molecule has 0 radical (unpaired) electrons. The van der Waals surface area contributed by atoms with Gasteiger partial charge in [0.1, 0.15) is 4.90 Å². The number of amides is 2. The third-order valence-corrected chi connectivity index (χ3v) is 5.87. The average molecular weight is 323 g/mol. The molecule has 0 aliphatic carbocycles. The van der Waals surface area contributed by atoms with E-state index in [4.69, 9.17) is 0 Å². The van der Waals surface area contributed by atoms with E-state index in [1.54, 1.807) is 6.92 Å². The van der Waals surface area contributed by atoms with Gasteiger partial charge in [-0.05, 0) is 25.1 Å². The van der Waals surface area contributed by atoms with Crippen molar-refractivity contribution < 1.29 is 18.0 Å². The van der Waals surface area contributed by atoms with Crippen LogP contribution in [0.1, 0.15) is 27.6 Å². The fourth-order valence-electron chi connectivity index (χ4n) is 2.56. The number of hydrogen-bond acceptors (Lipinski definition) is 5. The molecule has 2 N–H and O–H groups in total. The van der Waals surface area contributed by atoms with Gasteiger partial charge in [-0.2, -0.15) is 0 Å². The third-order valence-electron chi connectivity index (χ3n) is 3.97. The van der Waals surface area contributed by atoms with Gasteiger partial charge in [-0.1, -0.05) is 0 Å². The van der Waals surface area contributed by atoms with Crippen LogP contribution in [0.4, 0.5) is 0 Å². The summed E-state index contributed by atoms with van der Waals surface area (Å²) < 4.78 is 25.4. The van der Waals surface area contributed by atoms with E-state index in [2.05, 4.69) is 10.6 Å². The van der Waals surface area contributed by atoms with Crippen molar-refractivity contribution in [2.24, 2.45) is 5.92 Å². The molecule has 7 nitrogen and oxygen atoms in total. The van der Waals surface area contributed by atoms with E-state index in [-0.39, 0.29) is 28.5 Å². The van der Waals surface area contributed by atoms with Gasteiger partial charge in [0.25, 0.3) is 21.8 Å². The Morgan fingerprint density at radius 3 is 2.73 bits per heavy atom. The Morgan fingerprint density at radius 2 is 2.14 bits per heavy atom. The topological polar surface area (TPSA) is 95.6 Å². The summed E-state index contributed by atoms with van der Waals surface area (Å²) in [5, 5.41) is 5.90. The normalized spacial score (nSPS) is 19.7. The van der Waals surface area contributed by atoms with Crippen LogP contribution in [-0.4, -0.2) is 50.7 Å². The van der Waals surface area contributed by atoms with Gasteiger partial charge in [0.2, 0.25) is 0 Å². The first kappa shape index (κ1) is 15.0. The molecule has 118 valence electrons. The second-order valence-corrected chi connectivity index (χ2v) is 7.25. The standard InChI is InChI=1S/C14H17N3O4S/c1-2-17-14(19)11-4-3-10(5-12(11)22(17,20)21)13(18)16-8-9-6-15-7-9/h3-5,9,15H,2,6-8H2,1H3,(H,16,18). The van der Waals surface area contributed by atoms with Crippen LogP contribution in [0.5, 0.6) is 0 Å². The summed E-state index contributed by atoms with van der Waals surface area (Å²) in [4.78, 5) is 24.0. The fraction of sp³-hybridized carbons (Fsp3) is 0.429. The van der Waals surface area contributed by atoms with Gasteiger partial charge in [0.15, 0.2) is 0 Å². The summed E-state index contributed by atoms with van der Waals surface area (Å²) >= 11 is 0. The van der Waals surface area contributed by atoms with E-state index in [1.807, 2.05) is 0 Å². The number of benzene rings is 1. The molecule has 0 unspecified atom stereocenters. The van der Waals surface area contributed by atoms with Crippen LogP contribution in [0.3, 0.4) is 0 Å². The van der Waals surface area contributed by atoms with Gasteiger partial charge in [-0.3, -0.25) is 9.59 Å². The van der Waals surface area contributed by atoms with Crippen LogP contribution in [0, 0.1) is 5.92 Å². The number of sulfonamides is 1. The zero-order valence-corrected chi connectivity index (χ0v) is 12.9. The summed E-state index contributed by atoms with van der Waals surface area (Å²) in [5.74, 6) is -0.448. The lowest BCUT2D eigenvalue weighted by Crippen LogP contribution is -2.48. The number of hydrogen-bond donors (Lipinski definition) is 2. The lowest BCUT2D eigenvalue weighted by molar-refractivity contribution is 0.0874. The second-order valence-electron chi connectivity index (χ2n) is 5.42. The Kier molecular flexibility index (Phi) is 3.65. The molecule has 0 spiro atoms. The predicted octanol–water partition coefficient (Wildman–Crippen LogP) is -0.200. The Morgan fingerprint density at radius 1 is 1.41 bits per heavy atom. The minimum atomic E-state index is -3.83. The number of carbonyl (C=O) groups excluding carboxylic acids is 2. The van der Waals surface area contributed by atoms with Crippen molar-refractivity contribution in [3.8, 4) is 0 Å². The minimum Gasteiger partial charge on any atom is -0.352 e. The van der Waals surface area contributed by atoms with E-state index < -0.39 is 15.9 Å². The van der Waals surface area contributed by atoms with Crippen molar-refractivity contribution in [2.75, 3.05) is 26.2 Å². The number of rotatable bonds is 4. The Labute approximate surface area is 128 Å². The highest BCUT2D eigenvalue weighted by molar-refractivity contribution is 7.90. The highest BCUT2D eigenvalue weighted by Crippen LogP contribution is 2.30. The molecule has 2 aliphatic heterocycles. The first-order valence-electron chi connectivity index (χ1n) is 7.15. The van der Waals surface area contributed by atoms with Crippen molar-refractivity contribution in [1.82, 2.24) is 14.9 Å². The molecule has 3 rings (SSSR count). The highest BCUT2D eigenvalue weighted by atomic mass is 32.2. The van der Waals surface area contributed by atoms with Crippen LogP contribution in [0.15, 0.2) is 23.1 Å². The highest BCUT2D eigenvalue weighted by Gasteiger charge is 2.40. The fourth-order valence-corrected chi connectivity index (χ4v) is 4.16. The molecule has 0 saturated carbocycles. The number of carbonyl (C=O) groups is 2. The quantitative estimate of drug-likeness (QED) is 0.800. The molecule has 2 heterocycles. The monoisotopic (exact) mass is 323 g/mol. The molecule has 2 amide bonds. The molecule has 0 aromatic heterocycles. The van der Waals surface area contributed by atoms with Crippen LogP contribution in [-0.2, 0) is 10.0 Å². The maximum Gasteiger partial charge on any atom is 0.268 e. The van der Waals surface area contributed by atoms with Crippen LogP contribution in [0.25, 0.3) is 0 Å². The largest absolute Gasteiger partial charge is 0.352 e. The van der Waals surface area contributed by atoms with E-state index in [9.17, 15) is 18.0 Å². The smallest absolute Gasteiger partial charge is 0.268 e. The number of fused-ring (bicyclic) bond motifs is 1. The van der Waals surface area contributed by atoms with Crippen LogP contribution < -0.4 is 10.6 Å². The van der Waals surface area contributed by atoms with E-state index in [0.29, 0.717) is 12.5 Å². The molecule has 1 aromatic carbocycles. The van der Waals surface area contributed by atoms with Gasteiger partial charge >= 0.3 is 0 Å². The first-order valence-corrected chi connectivity index (χ1v) is 8.59. The first-order chi connectivity index (χ1) is 10.4. The van der Waals surface area contributed by atoms with Crippen molar-refractivity contribution in [3.63, 3.8) is 0 Å². The Bertz CT molecular complexity index is 740. The molecule has 0 atom stereocenters. The van der Waals surface area contributed by atoms with Crippen molar-refractivity contribution in [3.05, 3.63) is 29.3 Å². The molecule has 22 heavy (non-hydrogen) atoms. The van der Waals surface area contributed by atoms with Gasteiger partial charge in [-0.15, -0.1) is 0 Å². The number of nitrogens with one attached hydrogen (secondary N) is 2. The molecule has 1 fully saturated rings. The van der Waals surface area contributed by atoms with Crippen LogP contribution >= 0.6 is 0 Å². The van der Waals surface area contributed by atoms with Crippen molar-refractivity contribution >= 4 is 21.8 Å². The van der Waals surface area contributed by atoms with E-state index in [1.165, 1.54) is 18.2 Å². The summed E-state index contributed by atoms with van der Waals surface area (Å²) in [6.07, 6.45) is 0. The average Bonchev–Trinajstić information content (AvgIpc) is 2.63.